The maximum Gasteiger partial charge on any atom is 0.276 e. The summed E-state index contributed by atoms with van der Waals surface area (Å²) in [6.07, 6.45) is 9.95. The standard InChI is InChI=1S/C28H36ClN9O2/c1-36-10-12-37(13-11-36)26(39)14-18-2-4-20(5-3-18)33-25-16-22(32-19-6-7-19)27-31-17-23(38(27)35-25)28(40)34-21-8-9-30-24(29)15-21/h8-9,15-20,32H,2-7,10-14H2,1H3,(H,33,35)(H,30,34,40). The molecule has 0 spiro atoms. The average Bonchev–Trinajstić information content (AvgIpc) is 3.65. The van der Waals surface area contributed by atoms with Gasteiger partial charge >= 0.3 is 0 Å². The summed E-state index contributed by atoms with van der Waals surface area (Å²) in [5, 5.41) is 15.1. The van der Waals surface area contributed by atoms with Crippen molar-refractivity contribution in [3.63, 3.8) is 0 Å². The normalized spacial score (nSPS) is 21.8. The van der Waals surface area contributed by atoms with Gasteiger partial charge in [-0.1, -0.05) is 11.6 Å². The minimum Gasteiger partial charge on any atom is -0.379 e. The topological polar surface area (TPSA) is 120 Å². The Balaban J connectivity index is 1.12. The SMILES string of the molecule is CN1CCN(C(=O)CC2CCC(Nc3cc(NC4CC4)c4ncc(C(=O)Nc5ccnc(Cl)c5)n4n3)CC2)CC1. The molecule has 3 aliphatic rings. The number of fused-ring (bicyclic) bond motifs is 1. The molecule has 2 aliphatic carbocycles. The number of aromatic nitrogens is 4. The predicted molar refractivity (Wildman–Crippen MR) is 155 cm³/mol. The van der Waals surface area contributed by atoms with Gasteiger partial charge in [0.15, 0.2) is 11.3 Å². The second-order valence-corrected chi connectivity index (χ2v) is 11.7. The highest BCUT2D eigenvalue weighted by Gasteiger charge is 2.28. The summed E-state index contributed by atoms with van der Waals surface area (Å²) in [5.41, 5.74) is 2.35. The van der Waals surface area contributed by atoms with Crippen LogP contribution < -0.4 is 16.0 Å². The summed E-state index contributed by atoms with van der Waals surface area (Å²) in [6.45, 7) is 3.58. The lowest BCUT2D eigenvalue weighted by atomic mass is 9.83. The molecule has 6 rings (SSSR count). The fourth-order valence-corrected chi connectivity index (χ4v) is 5.75. The molecule has 1 saturated heterocycles. The van der Waals surface area contributed by atoms with Crippen molar-refractivity contribution >= 4 is 46.3 Å². The third kappa shape index (κ3) is 6.31. The number of nitrogens with one attached hydrogen (secondary N) is 3. The molecule has 4 heterocycles. The Kier molecular flexibility index (Phi) is 7.75. The van der Waals surface area contributed by atoms with E-state index in [1.165, 1.54) is 0 Å². The van der Waals surface area contributed by atoms with Gasteiger partial charge in [0, 0.05) is 62.6 Å². The lowest BCUT2D eigenvalue weighted by molar-refractivity contribution is -0.134. The van der Waals surface area contributed by atoms with Crippen molar-refractivity contribution in [1.29, 1.82) is 0 Å². The fraction of sp³-hybridized carbons (Fsp3) is 0.536. The molecule has 0 unspecified atom stereocenters. The van der Waals surface area contributed by atoms with Crippen LogP contribution in [-0.2, 0) is 4.79 Å². The number of rotatable bonds is 8. The van der Waals surface area contributed by atoms with E-state index in [-0.39, 0.29) is 11.9 Å². The molecule has 11 nitrogen and oxygen atoms in total. The zero-order chi connectivity index (χ0) is 27.6. The first kappa shape index (κ1) is 26.8. The van der Waals surface area contributed by atoms with E-state index >= 15 is 0 Å². The highest BCUT2D eigenvalue weighted by molar-refractivity contribution is 6.29. The highest BCUT2D eigenvalue weighted by Crippen LogP contribution is 2.32. The van der Waals surface area contributed by atoms with E-state index in [9.17, 15) is 9.59 Å². The zero-order valence-electron chi connectivity index (χ0n) is 22.8. The van der Waals surface area contributed by atoms with Gasteiger partial charge in [-0.3, -0.25) is 9.59 Å². The first-order valence-corrected chi connectivity index (χ1v) is 14.6. The number of imidazole rings is 1. The first-order valence-electron chi connectivity index (χ1n) is 14.2. The Hall–Kier alpha value is -3.44. The molecule has 0 radical (unpaired) electrons. The molecule has 0 atom stereocenters. The number of piperazine rings is 1. The molecule has 0 aromatic carbocycles. The lowest BCUT2D eigenvalue weighted by Crippen LogP contribution is -2.47. The number of carbonyl (C=O) groups is 2. The van der Waals surface area contributed by atoms with Gasteiger partial charge in [-0.2, -0.15) is 0 Å². The van der Waals surface area contributed by atoms with Crippen molar-refractivity contribution in [2.45, 2.75) is 57.0 Å². The van der Waals surface area contributed by atoms with E-state index in [1.54, 1.807) is 29.0 Å². The molecule has 40 heavy (non-hydrogen) atoms. The van der Waals surface area contributed by atoms with Crippen LogP contribution in [0, 0.1) is 5.92 Å². The van der Waals surface area contributed by atoms with Gasteiger partial charge in [0.05, 0.1) is 11.9 Å². The van der Waals surface area contributed by atoms with Crippen molar-refractivity contribution in [3.8, 4) is 0 Å². The third-order valence-electron chi connectivity index (χ3n) is 8.14. The molecule has 0 bridgehead atoms. The number of carbonyl (C=O) groups excluding carboxylic acids is 2. The maximum atomic E-state index is 13.2. The van der Waals surface area contributed by atoms with Gasteiger partial charge in [0.1, 0.15) is 11.0 Å². The maximum absolute atomic E-state index is 13.2. The van der Waals surface area contributed by atoms with E-state index in [1.807, 2.05) is 11.0 Å². The molecule has 2 amide bonds. The van der Waals surface area contributed by atoms with E-state index in [4.69, 9.17) is 16.7 Å². The van der Waals surface area contributed by atoms with Crippen LogP contribution in [0.4, 0.5) is 17.2 Å². The Bertz CT molecular complexity index is 1380. The van der Waals surface area contributed by atoms with Gasteiger partial charge < -0.3 is 25.8 Å². The number of hydrogen-bond donors (Lipinski definition) is 3. The lowest BCUT2D eigenvalue weighted by Gasteiger charge is -2.34. The molecule has 2 saturated carbocycles. The summed E-state index contributed by atoms with van der Waals surface area (Å²) >= 11 is 5.98. The van der Waals surface area contributed by atoms with E-state index in [2.05, 4.69) is 37.9 Å². The van der Waals surface area contributed by atoms with Gasteiger partial charge in [-0.25, -0.2) is 14.5 Å². The Labute approximate surface area is 238 Å². The summed E-state index contributed by atoms with van der Waals surface area (Å²) in [7, 11) is 2.11. The molecule has 3 N–H and O–H groups in total. The van der Waals surface area contributed by atoms with Crippen LogP contribution in [0.3, 0.4) is 0 Å². The average molecular weight is 566 g/mol. The minimum absolute atomic E-state index is 0.258. The second kappa shape index (κ2) is 11.6. The van der Waals surface area contributed by atoms with Crippen molar-refractivity contribution in [2.24, 2.45) is 5.92 Å². The number of likely N-dealkylation sites (N-methyl/N-ethyl adjacent to an activating group) is 1. The van der Waals surface area contributed by atoms with Gasteiger partial charge in [-0.15, -0.1) is 5.10 Å². The minimum atomic E-state index is -0.331. The summed E-state index contributed by atoms with van der Waals surface area (Å²) in [5.74, 6) is 1.10. The quantitative estimate of drug-likeness (QED) is 0.353. The van der Waals surface area contributed by atoms with Crippen LogP contribution in [-0.4, -0.2) is 86.5 Å². The number of hydrogen-bond acceptors (Lipinski definition) is 8. The highest BCUT2D eigenvalue weighted by atomic mass is 35.5. The molecule has 212 valence electrons. The number of nitrogens with zero attached hydrogens (tertiary/aromatic N) is 6. The fourth-order valence-electron chi connectivity index (χ4n) is 5.57. The van der Waals surface area contributed by atoms with Crippen LogP contribution in [0.2, 0.25) is 5.15 Å². The summed E-state index contributed by atoms with van der Waals surface area (Å²) in [6, 6.07) is 5.95. The Morgan fingerprint density at radius 1 is 0.975 bits per heavy atom. The molecular weight excluding hydrogens is 530 g/mol. The van der Waals surface area contributed by atoms with E-state index < -0.39 is 0 Å². The van der Waals surface area contributed by atoms with Crippen LogP contribution >= 0.6 is 11.6 Å². The summed E-state index contributed by atoms with van der Waals surface area (Å²) < 4.78 is 1.60. The summed E-state index contributed by atoms with van der Waals surface area (Å²) in [4.78, 5) is 38.8. The van der Waals surface area contributed by atoms with E-state index in [0.29, 0.717) is 52.3 Å². The smallest absolute Gasteiger partial charge is 0.276 e. The Morgan fingerprint density at radius 3 is 2.42 bits per heavy atom. The first-order chi connectivity index (χ1) is 19.4. The Morgan fingerprint density at radius 2 is 1.70 bits per heavy atom. The molecule has 1 aliphatic heterocycles. The monoisotopic (exact) mass is 565 g/mol. The van der Waals surface area contributed by atoms with Crippen molar-refractivity contribution in [1.82, 2.24) is 29.4 Å². The molecule has 3 fully saturated rings. The predicted octanol–water partition coefficient (Wildman–Crippen LogP) is 3.74. The van der Waals surface area contributed by atoms with E-state index in [0.717, 1.165) is 70.4 Å². The van der Waals surface area contributed by atoms with Crippen LogP contribution in [0.25, 0.3) is 5.65 Å². The van der Waals surface area contributed by atoms with Crippen LogP contribution in [0.15, 0.2) is 30.6 Å². The second-order valence-electron chi connectivity index (χ2n) is 11.3. The van der Waals surface area contributed by atoms with Crippen molar-refractivity contribution in [3.05, 3.63) is 41.4 Å². The largest absolute Gasteiger partial charge is 0.379 e. The molecule has 12 heteroatoms. The van der Waals surface area contributed by atoms with Gasteiger partial charge in [0.2, 0.25) is 5.91 Å². The number of halogens is 1. The number of anilines is 3. The molecular formula is C28H36ClN9O2. The van der Waals surface area contributed by atoms with Crippen LogP contribution in [0.5, 0.6) is 0 Å². The van der Waals surface area contributed by atoms with Crippen molar-refractivity contribution in [2.75, 3.05) is 49.2 Å². The molecule has 3 aromatic rings. The van der Waals surface area contributed by atoms with Crippen molar-refractivity contribution < 1.29 is 9.59 Å². The number of amides is 2. The van der Waals surface area contributed by atoms with Crippen LogP contribution in [0.1, 0.15) is 55.4 Å². The van der Waals surface area contributed by atoms with Gasteiger partial charge in [-0.05, 0) is 63.6 Å². The molecule has 3 aromatic heterocycles. The third-order valence-corrected chi connectivity index (χ3v) is 8.35. The van der Waals surface area contributed by atoms with Gasteiger partial charge in [0.25, 0.3) is 5.91 Å². The number of pyridine rings is 1. The zero-order valence-corrected chi connectivity index (χ0v) is 23.5.